The maximum Gasteiger partial charge on any atom is 0.407 e. The smallest absolute Gasteiger partial charge is 0.407 e. The number of rotatable bonds is 11. The summed E-state index contributed by atoms with van der Waals surface area (Å²) in [6.45, 7) is 1.59. The Hall–Kier alpha value is -3.44. The lowest BCUT2D eigenvalue weighted by atomic mass is 9.98. The molecule has 0 aromatic heterocycles. The molecule has 1 atom stereocenters. The summed E-state index contributed by atoms with van der Waals surface area (Å²) in [5, 5.41) is 13.7. The number of alkyl carbamates (subject to hydrolysis) is 1. The summed E-state index contributed by atoms with van der Waals surface area (Å²) in [7, 11) is -3.56. The quantitative estimate of drug-likeness (QED) is 0.373. The van der Waals surface area contributed by atoms with Crippen molar-refractivity contribution in [1.29, 1.82) is 0 Å². The molecule has 182 valence electrons. The summed E-state index contributed by atoms with van der Waals surface area (Å²) < 4.78 is 31.0. The number of carboxylic acid groups (broad SMARTS) is 1. The maximum atomic E-state index is 12.4. The van der Waals surface area contributed by atoms with Crippen LogP contribution in [0.4, 0.5) is 4.79 Å². The van der Waals surface area contributed by atoms with E-state index in [9.17, 15) is 22.8 Å². The number of hydrogen-bond acceptors (Lipinski definition) is 6. The Morgan fingerprint density at radius 1 is 1.03 bits per heavy atom. The molecule has 1 aliphatic rings. The first-order valence-corrected chi connectivity index (χ1v) is 12.5. The van der Waals surface area contributed by atoms with E-state index in [0.717, 1.165) is 22.3 Å². The van der Waals surface area contributed by atoms with Crippen molar-refractivity contribution in [1.82, 2.24) is 15.4 Å². The second-order valence-corrected chi connectivity index (χ2v) is 9.65. The molecule has 4 N–H and O–H groups in total. The zero-order chi connectivity index (χ0) is 24.7. The first-order chi connectivity index (χ1) is 16.2. The van der Waals surface area contributed by atoms with Crippen molar-refractivity contribution in [2.45, 2.75) is 25.3 Å². The zero-order valence-corrected chi connectivity index (χ0v) is 19.4. The van der Waals surface area contributed by atoms with Crippen molar-refractivity contribution in [3.8, 4) is 11.1 Å². The summed E-state index contributed by atoms with van der Waals surface area (Å²) in [5.74, 6) is -2.69. The molecule has 0 heterocycles. The molecule has 0 spiro atoms. The van der Waals surface area contributed by atoms with E-state index in [0.29, 0.717) is 0 Å². The number of nitrogens with one attached hydrogen (secondary N) is 3. The first kappa shape index (κ1) is 25.2. The van der Waals surface area contributed by atoms with Crippen molar-refractivity contribution in [2.75, 3.05) is 25.4 Å². The van der Waals surface area contributed by atoms with Crippen LogP contribution in [0.25, 0.3) is 11.1 Å². The summed E-state index contributed by atoms with van der Waals surface area (Å²) in [4.78, 5) is 36.0. The molecule has 1 unspecified atom stereocenters. The van der Waals surface area contributed by atoms with Gasteiger partial charge in [0.1, 0.15) is 12.6 Å². The number of carbonyl (C=O) groups excluding carboxylic acids is 2. The molecule has 0 aliphatic heterocycles. The number of benzene rings is 2. The van der Waals surface area contributed by atoms with E-state index in [1.54, 1.807) is 6.92 Å². The van der Waals surface area contributed by atoms with Gasteiger partial charge >= 0.3 is 12.1 Å². The topological polar surface area (TPSA) is 151 Å². The Kier molecular flexibility index (Phi) is 8.24. The molecule has 10 nitrogen and oxygen atoms in total. The molecule has 0 fully saturated rings. The third kappa shape index (κ3) is 6.33. The number of aliphatic carboxylic acids is 1. The summed E-state index contributed by atoms with van der Waals surface area (Å²) >= 11 is 0. The van der Waals surface area contributed by atoms with Gasteiger partial charge in [-0.15, -0.1) is 0 Å². The zero-order valence-electron chi connectivity index (χ0n) is 18.6. The van der Waals surface area contributed by atoms with Gasteiger partial charge in [-0.2, -0.15) is 0 Å². The lowest BCUT2D eigenvalue weighted by Gasteiger charge is -2.18. The number of hydrogen-bond donors (Lipinski definition) is 4. The molecule has 0 radical (unpaired) electrons. The van der Waals surface area contributed by atoms with Gasteiger partial charge in [-0.25, -0.2) is 17.9 Å². The van der Waals surface area contributed by atoms with Gasteiger partial charge < -0.3 is 20.5 Å². The first-order valence-electron chi connectivity index (χ1n) is 10.8. The normalized spacial score (nSPS) is 13.4. The van der Waals surface area contributed by atoms with Crippen LogP contribution >= 0.6 is 0 Å². The number of carboxylic acids is 1. The van der Waals surface area contributed by atoms with Crippen molar-refractivity contribution < 1.29 is 32.6 Å². The van der Waals surface area contributed by atoms with Crippen molar-refractivity contribution in [3.05, 3.63) is 59.7 Å². The monoisotopic (exact) mass is 489 g/mol. The van der Waals surface area contributed by atoms with E-state index in [4.69, 9.17) is 9.84 Å². The summed E-state index contributed by atoms with van der Waals surface area (Å²) in [6.07, 6.45) is -1.63. The fourth-order valence-electron chi connectivity index (χ4n) is 3.89. The van der Waals surface area contributed by atoms with E-state index < -0.39 is 40.5 Å². The number of sulfonamides is 1. The Labute approximate surface area is 197 Å². The minimum atomic E-state index is -3.56. The Bertz CT molecular complexity index is 1120. The molecule has 0 bridgehead atoms. The van der Waals surface area contributed by atoms with Crippen LogP contribution in [0, 0.1) is 0 Å². The predicted octanol–water partition coefficient (Wildman–Crippen LogP) is 1.42. The van der Waals surface area contributed by atoms with Gasteiger partial charge in [-0.3, -0.25) is 9.59 Å². The largest absolute Gasteiger partial charge is 0.481 e. The second-order valence-electron chi connectivity index (χ2n) is 7.73. The SMILES string of the molecule is CCNS(=O)(=O)CCNC(=O)C(CC(=O)O)NC(=O)OCC1c2ccccc2-c2ccccc21. The lowest BCUT2D eigenvalue weighted by Crippen LogP contribution is -2.49. The van der Waals surface area contributed by atoms with E-state index in [1.165, 1.54) is 0 Å². The van der Waals surface area contributed by atoms with Gasteiger partial charge in [0, 0.05) is 19.0 Å². The van der Waals surface area contributed by atoms with E-state index in [-0.39, 0.29) is 31.4 Å². The highest BCUT2D eigenvalue weighted by Gasteiger charge is 2.30. The molecular formula is C23H27N3O7S. The number of ether oxygens (including phenoxy) is 1. The number of carbonyl (C=O) groups is 3. The van der Waals surface area contributed by atoms with Crippen LogP contribution in [0.3, 0.4) is 0 Å². The molecule has 2 aromatic carbocycles. The van der Waals surface area contributed by atoms with Crippen molar-refractivity contribution >= 4 is 28.0 Å². The molecule has 3 rings (SSSR count). The number of fused-ring (bicyclic) bond motifs is 3. The fourth-order valence-corrected chi connectivity index (χ4v) is 4.85. The van der Waals surface area contributed by atoms with Crippen LogP contribution in [0.5, 0.6) is 0 Å². The highest BCUT2D eigenvalue weighted by atomic mass is 32.2. The van der Waals surface area contributed by atoms with Crippen LogP contribution in [-0.4, -0.2) is 63.0 Å². The van der Waals surface area contributed by atoms with Crippen LogP contribution in [0.2, 0.25) is 0 Å². The van der Waals surface area contributed by atoms with Crippen molar-refractivity contribution in [3.63, 3.8) is 0 Å². The lowest BCUT2D eigenvalue weighted by molar-refractivity contribution is -0.139. The minimum absolute atomic E-state index is 0.00218. The molecule has 1 aliphatic carbocycles. The van der Waals surface area contributed by atoms with Gasteiger partial charge in [0.15, 0.2) is 0 Å². The highest BCUT2D eigenvalue weighted by Crippen LogP contribution is 2.44. The third-order valence-electron chi connectivity index (χ3n) is 5.37. The summed E-state index contributed by atoms with van der Waals surface area (Å²) in [5.41, 5.74) is 4.14. The maximum absolute atomic E-state index is 12.4. The standard InChI is InChI=1S/C23H27N3O7S/c1-2-25-34(31,32)12-11-24-22(29)20(13-21(27)28)26-23(30)33-14-19-17-9-5-3-7-15(17)16-8-4-6-10-18(16)19/h3-10,19-20,25H,2,11-14H2,1H3,(H,24,29)(H,26,30)(H,27,28). The van der Waals surface area contributed by atoms with E-state index >= 15 is 0 Å². The molecule has 2 amide bonds. The second kappa shape index (κ2) is 11.1. The van der Waals surface area contributed by atoms with Crippen LogP contribution < -0.4 is 15.4 Å². The van der Waals surface area contributed by atoms with Gasteiger partial charge in [-0.1, -0.05) is 55.5 Å². The van der Waals surface area contributed by atoms with Gasteiger partial charge in [-0.05, 0) is 22.3 Å². The van der Waals surface area contributed by atoms with Crippen molar-refractivity contribution in [2.24, 2.45) is 0 Å². The highest BCUT2D eigenvalue weighted by molar-refractivity contribution is 7.89. The van der Waals surface area contributed by atoms with Gasteiger partial charge in [0.2, 0.25) is 15.9 Å². The molecule has 0 saturated heterocycles. The molecule has 2 aromatic rings. The average Bonchev–Trinajstić information content (AvgIpc) is 3.10. The van der Waals surface area contributed by atoms with E-state index in [1.807, 2.05) is 48.5 Å². The van der Waals surface area contributed by atoms with Crippen LogP contribution in [-0.2, 0) is 24.3 Å². The molecule has 11 heteroatoms. The molecule has 34 heavy (non-hydrogen) atoms. The predicted molar refractivity (Wildman–Crippen MR) is 125 cm³/mol. The number of amides is 2. The minimum Gasteiger partial charge on any atom is -0.481 e. The van der Waals surface area contributed by atoms with Gasteiger partial charge in [0.25, 0.3) is 0 Å². The third-order valence-corrected chi connectivity index (χ3v) is 6.84. The van der Waals surface area contributed by atoms with Crippen LogP contribution in [0.1, 0.15) is 30.4 Å². The molecular weight excluding hydrogens is 462 g/mol. The Morgan fingerprint density at radius 2 is 1.62 bits per heavy atom. The average molecular weight is 490 g/mol. The Balaban J connectivity index is 1.60. The van der Waals surface area contributed by atoms with Crippen LogP contribution in [0.15, 0.2) is 48.5 Å². The fraction of sp³-hybridized carbons (Fsp3) is 0.348. The van der Waals surface area contributed by atoms with Gasteiger partial charge in [0.05, 0.1) is 12.2 Å². The van der Waals surface area contributed by atoms with E-state index in [2.05, 4.69) is 15.4 Å². The summed E-state index contributed by atoms with van der Waals surface area (Å²) in [6, 6.07) is 14.2. The Morgan fingerprint density at radius 3 is 2.18 bits per heavy atom. The molecule has 0 saturated carbocycles.